The topological polar surface area (TPSA) is 66.4 Å². The number of rotatable bonds is 2. The minimum absolute atomic E-state index is 0.210. The van der Waals surface area contributed by atoms with Crippen molar-refractivity contribution in [3.8, 4) is 0 Å². The lowest BCUT2D eigenvalue weighted by molar-refractivity contribution is 0.0742. The first-order valence-corrected chi connectivity index (χ1v) is 4.07. The number of carbonyl (C=O) groups excluding carboxylic acids is 1. The van der Waals surface area contributed by atoms with Gasteiger partial charge < -0.3 is 8.74 Å². The highest BCUT2D eigenvalue weighted by atomic mass is 32.2. The number of carbonyl (C=O) groups is 1. The molecule has 0 heterocycles. The van der Waals surface area contributed by atoms with E-state index in [1.807, 2.05) is 0 Å². The van der Waals surface area contributed by atoms with Crippen LogP contribution in [0.3, 0.4) is 0 Å². The molecule has 0 aliphatic carbocycles. The van der Waals surface area contributed by atoms with Crippen molar-refractivity contribution in [3.63, 3.8) is 0 Å². The van der Waals surface area contributed by atoms with E-state index in [9.17, 15) is 13.6 Å². The Balaban J connectivity index is 2.73. The van der Waals surface area contributed by atoms with E-state index < -0.39 is 17.3 Å². The van der Waals surface area contributed by atoms with Crippen molar-refractivity contribution in [2.24, 2.45) is 0 Å². The summed E-state index contributed by atoms with van der Waals surface area (Å²) in [5.74, 6) is -0.871. The molecule has 1 rings (SSSR count). The number of hydrogen-bond donors (Lipinski definition) is 0. The first kappa shape index (κ1) is 8.89. The van der Waals surface area contributed by atoms with Crippen molar-refractivity contribution in [1.29, 1.82) is 0 Å². The quantitative estimate of drug-likeness (QED) is 0.634. The highest BCUT2D eigenvalue weighted by Crippen LogP contribution is 2.01. The second-order valence-corrected chi connectivity index (χ2v) is 2.52. The summed E-state index contributed by atoms with van der Waals surface area (Å²) in [4.78, 5) is 10.8. The number of hydrogen-bond acceptors (Lipinski definition) is 4. The lowest BCUT2D eigenvalue weighted by Crippen LogP contribution is -2.06. The Bertz CT molecular complexity index is 296. The molecule has 0 saturated carbocycles. The molecule has 1 aromatic carbocycles. The van der Waals surface area contributed by atoms with Crippen LogP contribution < -0.4 is 0 Å². The zero-order chi connectivity index (χ0) is 8.97. The summed E-state index contributed by atoms with van der Waals surface area (Å²) < 4.78 is 23.8. The molecule has 4 nitrogen and oxygen atoms in total. The van der Waals surface area contributed by atoms with Gasteiger partial charge in [0.15, 0.2) is 0 Å². The van der Waals surface area contributed by atoms with Crippen LogP contribution in [0.1, 0.15) is 10.4 Å². The Hall–Kier alpha value is -1.20. The summed E-state index contributed by atoms with van der Waals surface area (Å²) in [6, 6.07) is 7.88. The van der Waals surface area contributed by atoms with Crippen molar-refractivity contribution >= 4 is 17.3 Å². The summed E-state index contributed by atoms with van der Waals surface area (Å²) in [7, 11) is 0. The second-order valence-electron chi connectivity index (χ2n) is 1.94. The molecular weight excluding hydrogens is 180 g/mol. The van der Waals surface area contributed by atoms with Gasteiger partial charge in [0.25, 0.3) is 0 Å². The van der Waals surface area contributed by atoms with Gasteiger partial charge in [0.1, 0.15) is 11.4 Å². The lowest BCUT2D eigenvalue weighted by atomic mass is 10.2. The van der Waals surface area contributed by atoms with Gasteiger partial charge in [0.2, 0.25) is 0 Å². The Labute approximate surface area is 71.7 Å². The largest absolute Gasteiger partial charge is 0.740 e. The Kier molecular flexibility index (Phi) is 2.95. The molecule has 64 valence electrons. The van der Waals surface area contributed by atoms with Crippen LogP contribution in [-0.4, -0.2) is 14.7 Å². The fraction of sp³-hybridized carbons (Fsp3) is 0. The summed E-state index contributed by atoms with van der Waals surface area (Å²) in [6.07, 6.45) is 0. The predicted octanol–water partition coefficient (Wildman–Crippen LogP) is 0.637. The van der Waals surface area contributed by atoms with Gasteiger partial charge in [-0.05, 0) is 12.1 Å². The van der Waals surface area contributed by atoms with Crippen LogP contribution in [0.5, 0.6) is 0 Å². The van der Waals surface area contributed by atoms with E-state index in [-0.39, 0.29) is 5.56 Å². The standard InChI is InChI=1S/C7H6O4S/c8-7(11-12(9)10)6-4-2-1-3-5-6/h1-5H,(H,9,10)/p-1. The van der Waals surface area contributed by atoms with Gasteiger partial charge in [-0.3, -0.25) is 0 Å². The number of benzene rings is 1. The summed E-state index contributed by atoms with van der Waals surface area (Å²) >= 11 is -2.80. The molecule has 1 aromatic rings. The van der Waals surface area contributed by atoms with Gasteiger partial charge in [-0.15, -0.1) is 0 Å². The van der Waals surface area contributed by atoms with Crippen LogP contribution in [0.15, 0.2) is 30.3 Å². The third-order valence-electron chi connectivity index (χ3n) is 1.15. The van der Waals surface area contributed by atoms with E-state index >= 15 is 0 Å². The second kappa shape index (κ2) is 3.99. The van der Waals surface area contributed by atoms with Crippen molar-refractivity contribution in [1.82, 2.24) is 0 Å². The van der Waals surface area contributed by atoms with Gasteiger partial charge in [-0.2, -0.15) is 0 Å². The minimum atomic E-state index is -2.80. The predicted molar refractivity (Wildman–Crippen MR) is 40.8 cm³/mol. The summed E-state index contributed by atoms with van der Waals surface area (Å²) in [5, 5.41) is 0. The average Bonchev–Trinajstić information content (AvgIpc) is 2.05. The SMILES string of the molecule is O=C(OS(=O)[O-])c1ccccc1. The zero-order valence-corrected chi connectivity index (χ0v) is 6.74. The van der Waals surface area contributed by atoms with E-state index in [0.29, 0.717) is 0 Å². The highest BCUT2D eigenvalue weighted by Gasteiger charge is 2.04. The van der Waals surface area contributed by atoms with Crippen LogP contribution >= 0.6 is 0 Å². The average molecular weight is 185 g/mol. The van der Waals surface area contributed by atoms with Gasteiger partial charge in [0, 0.05) is 0 Å². The zero-order valence-electron chi connectivity index (χ0n) is 5.93. The molecule has 0 bridgehead atoms. The Morgan fingerprint density at radius 1 is 1.33 bits per heavy atom. The summed E-state index contributed by atoms with van der Waals surface area (Å²) in [5.41, 5.74) is 0.210. The molecule has 0 amide bonds. The smallest absolute Gasteiger partial charge is 0.351 e. The molecule has 0 radical (unpaired) electrons. The Morgan fingerprint density at radius 3 is 2.42 bits per heavy atom. The maximum absolute atomic E-state index is 10.8. The molecule has 0 N–H and O–H groups in total. The first-order chi connectivity index (χ1) is 5.70. The third-order valence-corrected chi connectivity index (χ3v) is 1.44. The monoisotopic (exact) mass is 185 g/mol. The van der Waals surface area contributed by atoms with Crippen LogP contribution in [0.2, 0.25) is 0 Å². The summed E-state index contributed by atoms with van der Waals surface area (Å²) in [6.45, 7) is 0. The normalized spacial score (nSPS) is 12.1. The molecule has 1 unspecified atom stereocenters. The van der Waals surface area contributed by atoms with Crippen molar-refractivity contribution < 1.29 is 17.7 Å². The lowest BCUT2D eigenvalue weighted by Gasteiger charge is -2.04. The van der Waals surface area contributed by atoms with Crippen molar-refractivity contribution in [2.45, 2.75) is 0 Å². The molecule has 12 heavy (non-hydrogen) atoms. The van der Waals surface area contributed by atoms with Gasteiger partial charge in [-0.1, -0.05) is 18.2 Å². The van der Waals surface area contributed by atoms with Crippen molar-refractivity contribution in [2.75, 3.05) is 0 Å². The molecule has 5 heteroatoms. The molecule has 0 aromatic heterocycles. The fourth-order valence-corrected chi connectivity index (χ4v) is 0.904. The molecule has 0 aliphatic rings. The minimum Gasteiger partial charge on any atom is -0.740 e. The molecule has 0 aliphatic heterocycles. The highest BCUT2D eigenvalue weighted by molar-refractivity contribution is 7.74. The fourth-order valence-electron chi connectivity index (χ4n) is 0.684. The molecule has 1 atom stereocenters. The van der Waals surface area contributed by atoms with Gasteiger partial charge >= 0.3 is 5.97 Å². The van der Waals surface area contributed by atoms with Crippen LogP contribution in [0.25, 0.3) is 0 Å². The van der Waals surface area contributed by atoms with Crippen LogP contribution in [-0.2, 0) is 15.5 Å². The maximum Gasteiger partial charge on any atom is 0.351 e. The van der Waals surface area contributed by atoms with Crippen molar-refractivity contribution in [3.05, 3.63) is 35.9 Å². The van der Waals surface area contributed by atoms with Gasteiger partial charge in [-0.25, -0.2) is 9.00 Å². The maximum atomic E-state index is 10.8. The van der Waals surface area contributed by atoms with E-state index in [1.165, 1.54) is 12.1 Å². The van der Waals surface area contributed by atoms with E-state index in [4.69, 9.17) is 0 Å². The van der Waals surface area contributed by atoms with Gasteiger partial charge in [0.05, 0.1) is 5.56 Å². The Morgan fingerprint density at radius 2 is 1.92 bits per heavy atom. The van der Waals surface area contributed by atoms with E-state index in [0.717, 1.165) is 0 Å². The van der Waals surface area contributed by atoms with Crippen LogP contribution in [0, 0.1) is 0 Å². The van der Waals surface area contributed by atoms with Crippen LogP contribution in [0.4, 0.5) is 0 Å². The third kappa shape index (κ3) is 2.44. The van der Waals surface area contributed by atoms with E-state index in [2.05, 4.69) is 4.18 Å². The molecule has 0 saturated heterocycles. The molecule has 0 spiro atoms. The molecular formula is C7H5O4S-. The first-order valence-electron chi connectivity index (χ1n) is 3.07. The molecule has 0 fully saturated rings. The van der Waals surface area contributed by atoms with E-state index in [1.54, 1.807) is 18.2 Å².